The van der Waals surface area contributed by atoms with Crippen LogP contribution in [0.5, 0.6) is 0 Å². The van der Waals surface area contributed by atoms with Crippen LogP contribution in [0.3, 0.4) is 0 Å². The van der Waals surface area contributed by atoms with Crippen molar-refractivity contribution in [3.63, 3.8) is 0 Å². The van der Waals surface area contributed by atoms with E-state index < -0.39 is 21.3 Å². The molecule has 2 rings (SSSR count). The number of pyridine rings is 1. The first-order valence-electron chi connectivity index (χ1n) is 11.6. The van der Waals surface area contributed by atoms with Crippen LogP contribution in [-0.4, -0.2) is 8.07 Å². The fourth-order valence-electron chi connectivity index (χ4n) is 2.75. The molecule has 0 aliphatic heterocycles. The predicted octanol–water partition coefficient (Wildman–Crippen LogP) is 4.54. The maximum Gasteiger partial charge on any atom is 0.212 e. The molecule has 0 aliphatic carbocycles. The molecule has 0 atom stereocenters. The molecule has 1 heterocycles. The van der Waals surface area contributed by atoms with Gasteiger partial charge in [0.05, 0.1) is 10.8 Å². The molecule has 23 heavy (non-hydrogen) atoms. The van der Waals surface area contributed by atoms with Gasteiger partial charge in [0.15, 0.2) is 6.20 Å². The van der Waals surface area contributed by atoms with Gasteiger partial charge in [-0.1, -0.05) is 51.1 Å². The molecule has 1 aromatic carbocycles. The molecule has 0 unspecified atom stereocenters. The summed E-state index contributed by atoms with van der Waals surface area (Å²) < 4.78 is 59.1. The lowest BCUT2D eigenvalue weighted by molar-refractivity contribution is -0.659. The van der Waals surface area contributed by atoms with E-state index in [0.717, 1.165) is 5.19 Å². The van der Waals surface area contributed by atoms with E-state index in [2.05, 4.69) is 19.6 Å². The monoisotopic (exact) mass is 333 g/mol. The summed E-state index contributed by atoms with van der Waals surface area (Å²) >= 11 is 0. The lowest BCUT2D eigenvalue weighted by Gasteiger charge is -2.21. The number of nitrogens with zero attached hydrogens (tertiary/aromatic N) is 1. The summed E-state index contributed by atoms with van der Waals surface area (Å²) in [5.74, 6) is -0.231. The number of aromatic nitrogens is 1. The van der Waals surface area contributed by atoms with Crippen LogP contribution in [0.15, 0.2) is 30.4 Å². The number of aryl methyl sites for hydroxylation is 1. The summed E-state index contributed by atoms with van der Waals surface area (Å²) in [6.07, 6.45) is 0.431. The summed E-state index contributed by atoms with van der Waals surface area (Å²) in [6, 6.07) is 2.99. The Morgan fingerprint density at radius 1 is 1.35 bits per heavy atom. The van der Waals surface area contributed by atoms with Gasteiger partial charge in [-0.15, -0.1) is 0 Å². The van der Waals surface area contributed by atoms with Crippen molar-refractivity contribution < 1.29 is 14.2 Å². The zero-order valence-electron chi connectivity index (χ0n) is 22.3. The van der Waals surface area contributed by atoms with Crippen LogP contribution >= 0.6 is 0 Å². The Morgan fingerprint density at radius 3 is 2.61 bits per heavy atom. The second kappa shape index (κ2) is 6.60. The van der Waals surface area contributed by atoms with Crippen molar-refractivity contribution in [3.8, 4) is 11.3 Å². The molecule has 2 heteroatoms. The van der Waals surface area contributed by atoms with Crippen molar-refractivity contribution in [2.45, 2.75) is 53.6 Å². The number of benzene rings is 1. The fraction of sp³-hybridized carbons (Fsp3) is 0.476. The molecule has 2 aromatic rings. The molecule has 0 radical (unpaired) electrons. The molecule has 1 aromatic heterocycles. The average Bonchev–Trinajstić information content (AvgIpc) is 2.55. The Bertz CT molecular complexity index is 973. The van der Waals surface area contributed by atoms with Crippen molar-refractivity contribution in [1.82, 2.24) is 0 Å². The molecule has 0 N–H and O–H groups in total. The maximum absolute atomic E-state index is 8.76. The molecule has 124 valence electrons. The highest BCUT2D eigenvalue weighted by Gasteiger charge is 2.26. The van der Waals surface area contributed by atoms with Crippen LogP contribution in [0.4, 0.5) is 0 Å². The van der Waals surface area contributed by atoms with Crippen molar-refractivity contribution in [1.29, 1.82) is 0 Å². The first kappa shape index (κ1) is 10.5. The van der Waals surface area contributed by atoms with Crippen LogP contribution in [-0.2, 0) is 13.4 Å². The summed E-state index contributed by atoms with van der Waals surface area (Å²) in [5.41, 5.74) is 2.13. The van der Waals surface area contributed by atoms with Crippen LogP contribution in [0, 0.1) is 19.7 Å². The Labute approximate surface area is 153 Å². The zero-order chi connectivity index (χ0) is 23.4. The molecule has 0 aliphatic rings. The number of hydrogen-bond donors (Lipinski definition) is 0. The fourth-order valence-corrected chi connectivity index (χ4v) is 4.29. The second-order valence-corrected chi connectivity index (χ2v) is 12.5. The van der Waals surface area contributed by atoms with E-state index in [0.29, 0.717) is 22.4 Å². The highest BCUT2D eigenvalue weighted by Crippen LogP contribution is 2.23. The molecular weight excluding hydrogens is 294 g/mol. The highest BCUT2D eigenvalue weighted by atomic mass is 28.3. The lowest BCUT2D eigenvalue weighted by Crippen LogP contribution is -2.47. The summed E-state index contributed by atoms with van der Waals surface area (Å²) in [7, 11) is 0.00575. The minimum Gasteiger partial charge on any atom is -0.201 e. The first-order valence-corrected chi connectivity index (χ1v) is 11.6. The van der Waals surface area contributed by atoms with Crippen LogP contribution in [0.1, 0.15) is 40.1 Å². The normalized spacial score (nSPS) is 17.7. The first-order chi connectivity index (χ1) is 13.4. The van der Waals surface area contributed by atoms with Gasteiger partial charge in [-0.3, -0.25) is 0 Å². The Balaban J connectivity index is 2.91. The molecule has 0 spiro atoms. The molecule has 0 amide bonds. The third-order valence-corrected chi connectivity index (χ3v) is 5.89. The molecule has 0 saturated heterocycles. The van der Waals surface area contributed by atoms with Gasteiger partial charge < -0.3 is 0 Å². The maximum atomic E-state index is 8.76. The van der Waals surface area contributed by atoms with Gasteiger partial charge in [-0.05, 0) is 43.3 Å². The van der Waals surface area contributed by atoms with E-state index in [9.17, 15) is 0 Å². The summed E-state index contributed by atoms with van der Waals surface area (Å²) in [5, 5.41) is 1.03. The molecule has 0 fully saturated rings. The van der Waals surface area contributed by atoms with E-state index in [1.54, 1.807) is 6.92 Å². The standard InChI is InChI=1S/C21H32NSi/c1-15(2)11-18-13-20(19-10-9-16(3)12-17(19)4)22(5)14-21(18)23(6,7)8/h9-10,12-15H,11H2,1-8H3/q+1/i3D3,9D,11D2,12D. The number of rotatable bonds is 4. The van der Waals surface area contributed by atoms with Crippen molar-refractivity contribution in [2.75, 3.05) is 0 Å². The third-order valence-electron chi connectivity index (χ3n) is 3.88. The molecule has 0 bridgehead atoms. The van der Waals surface area contributed by atoms with E-state index in [1.165, 1.54) is 6.07 Å². The quantitative estimate of drug-likeness (QED) is 0.571. The van der Waals surface area contributed by atoms with Crippen molar-refractivity contribution >= 4 is 13.3 Å². The summed E-state index contributed by atoms with van der Waals surface area (Å²) in [4.78, 5) is 0. The number of hydrogen-bond acceptors (Lipinski definition) is 0. The van der Waals surface area contributed by atoms with E-state index in [4.69, 9.17) is 9.60 Å². The second-order valence-electron chi connectivity index (χ2n) is 7.47. The average molecular weight is 334 g/mol. The molecular formula is C21H32NSi+. The van der Waals surface area contributed by atoms with Gasteiger partial charge in [0.2, 0.25) is 5.69 Å². The van der Waals surface area contributed by atoms with Crippen LogP contribution < -0.4 is 9.75 Å². The van der Waals surface area contributed by atoms with Gasteiger partial charge in [0, 0.05) is 23.7 Å². The summed E-state index contributed by atoms with van der Waals surface area (Å²) in [6.45, 7) is 9.44. The Hall–Kier alpha value is -1.41. The van der Waals surface area contributed by atoms with E-state index >= 15 is 0 Å². The largest absolute Gasteiger partial charge is 0.212 e. The predicted molar refractivity (Wildman–Crippen MR) is 104 cm³/mol. The van der Waals surface area contributed by atoms with E-state index in [-0.39, 0.29) is 23.6 Å². The van der Waals surface area contributed by atoms with Crippen LogP contribution in [0.2, 0.25) is 19.6 Å². The van der Waals surface area contributed by atoms with E-state index in [1.807, 2.05) is 37.7 Å². The van der Waals surface area contributed by atoms with Gasteiger partial charge in [-0.25, -0.2) is 4.57 Å². The topological polar surface area (TPSA) is 3.88 Å². The SMILES string of the molecule is [2H]c1cc(-c2cc(C([2H])([2H])C(C)C)c([Si](C)(C)C)c[n+]2C)c(C)c([2H])c1C([2H])([2H])[2H]. The third kappa shape index (κ3) is 4.11. The van der Waals surface area contributed by atoms with Crippen LogP contribution in [0.25, 0.3) is 11.3 Å². The highest BCUT2D eigenvalue weighted by molar-refractivity contribution is 6.88. The Morgan fingerprint density at radius 2 is 2.04 bits per heavy atom. The smallest absolute Gasteiger partial charge is 0.201 e. The van der Waals surface area contributed by atoms with Gasteiger partial charge in [0.25, 0.3) is 0 Å². The minimum absolute atomic E-state index is 0.153. The van der Waals surface area contributed by atoms with Gasteiger partial charge in [0.1, 0.15) is 7.05 Å². The van der Waals surface area contributed by atoms with Crippen molar-refractivity contribution in [3.05, 3.63) is 47.1 Å². The Kier molecular flexibility index (Phi) is 3.00. The molecule has 0 saturated carbocycles. The van der Waals surface area contributed by atoms with Crippen molar-refractivity contribution in [2.24, 2.45) is 13.0 Å². The minimum atomic E-state index is -2.53. The zero-order valence-corrected chi connectivity index (χ0v) is 16.3. The van der Waals surface area contributed by atoms with Gasteiger partial charge in [-0.2, -0.15) is 0 Å². The molecule has 1 nitrogen and oxygen atoms in total. The van der Waals surface area contributed by atoms with Gasteiger partial charge >= 0.3 is 0 Å². The lowest BCUT2D eigenvalue weighted by atomic mass is 9.98.